The van der Waals surface area contributed by atoms with Crippen LogP contribution in [0, 0.1) is 0 Å². The van der Waals surface area contributed by atoms with Gasteiger partial charge in [-0.2, -0.15) is 0 Å². The van der Waals surface area contributed by atoms with E-state index in [-0.39, 0.29) is 11.3 Å². The van der Waals surface area contributed by atoms with Crippen LogP contribution in [0.15, 0.2) is 24.3 Å². The summed E-state index contributed by atoms with van der Waals surface area (Å²) in [5.74, 6) is 0.616. The van der Waals surface area contributed by atoms with Crippen LogP contribution in [0.5, 0.6) is 0 Å². The van der Waals surface area contributed by atoms with Crippen molar-refractivity contribution in [3.05, 3.63) is 34.7 Å². The Morgan fingerprint density at radius 2 is 1.83 bits per heavy atom. The molecule has 0 saturated heterocycles. The Kier molecular flexibility index (Phi) is 3.43. The van der Waals surface area contributed by atoms with Crippen LogP contribution in [0.3, 0.4) is 0 Å². The molecular formula is C12H13O5S-. The van der Waals surface area contributed by atoms with E-state index in [1.165, 1.54) is 14.2 Å². The van der Waals surface area contributed by atoms with Crippen LogP contribution in [0.4, 0.5) is 0 Å². The molecule has 2 rings (SSSR count). The number of benzene rings is 1. The molecule has 0 N–H and O–H groups in total. The molecule has 98 valence electrons. The zero-order valence-corrected chi connectivity index (χ0v) is 10.9. The highest BCUT2D eigenvalue weighted by atomic mass is 32.2. The van der Waals surface area contributed by atoms with Crippen molar-refractivity contribution in [2.75, 3.05) is 14.2 Å². The number of ether oxygens (including phenoxy) is 2. The fourth-order valence-electron chi connectivity index (χ4n) is 2.16. The molecule has 0 aromatic heterocycles. The van der Waals surface area contributed by atoms with E-state index in [1.807, 2.05) is 0 Å². The van der Waals surface area contributed by atoms with Crippen molar-refractivity contribution in [1.82, 2.24) is 0 Å². The summed E-state index contributed by atoms with van der Waals surface area (Å²) in [6.45, 7) is 0. The van der Waals surface area contributed by atoms with Gasteiger partial charge in [0.15, 0.2) is 0 Å². The third-order valence-electron chi connectivity index (χ3n) is 2.96. The Labute approximate surface area is 105 Å². The van der Waals surface area contributed by atoms with Crippen LogP contribution in [0.25, 0.3) is 10.7 Å². The van der Waals surface area contributed by atoms with Gasteiger partial charge in [-0.05, 0) is 0 Å². The predicted octanol–water partition coefficient (Wildman–Crippen LogP) is -0.487. The Morgan fingerprint density at radius 3 is 2.33 bits per heavy atom. The summed E-state index contributed by atoms with van der Waals surface area (Å²) in [6.07, 6.45) is -0.557. The van der Waals surface area contributed by atoms with E-state index in [4.69, 9.17) is 9.47 Å². The lowest BCUT2D eigenvalue weighted by Gasteiger charge is -2.25. The molecule has 1 aliphatic rings. The normalized spacial score (nSPS) is 19.6. The van der Waals surface area contributed by atoms with E-state index in [0.29, 0.717) is 16.2 Å². The van der Waals surface area contributed by atoms with Gasteiger partial charge >= 0.3 is 0 Å². The number of hydrogen-bond acceptors (Lipinski definition) is 5. The number of rotatable bonds is 3. The molecule has 1 aromatic carbocycles. The highest BCUT2D eigenvalue weighted by molar-refractivity contribution is 7.95. The molecule has 0 bridgehead atoms. The summed E-state index contributed by atoms with van der Waals surface area (Å²) in [7, 11) is -1.68. The second kappa shape index (κ2) is 4.72. The maximum atomic E-state index is 11.4. The summed E-state index contributed by atoms with van der Waals surface area (Å²) in [5.41, 5.74) is 0. The molecule has 18 heavy (non-hydrogen) atoms. The van der Waals surface area contributed by atoms with Crippen LogP contribution in [0.2, 0.25) is 0 Å². The Hall–Kier alpha value is -1.37. The van der Waals surface area contributed by atoms with Gasteiger partial charge in [0.2, 0.25) is 0 Å². The molecule has 0 radical (unpaired) electrons. The lowest BCUT2D eigenvalue weighted by molar-refractivity contribution is 0.143. The minimum atomic E-state index is -4.56. The maximum Gasteiger partial charge on any atom is 0.123 e. The van der Waals surface area contributed by atoms with E-state index in [9.17, 15) is 13.0 Å². The lowest BCUT2D eigenvalue weighted by Crippen LogP contribution is -2.41. The first-order chi connectivity index (χ1) is 8.49. The average molecular weight is 269 g/mol. The quantitative estimate of drug-likeness (QED) is 0.692. The molecule has 1 atom stereocenters. The minimum absolute atomic E-state index is 0.221. The second-order valence-corrected chi connectivity index (χ2v) is 5.27. The smallest absolute Gasteiger partial charge is 0.123 e. The number of fused-ring (bicyclic) bond motifs is 1. The zero-order chi connectivity index (χ0) is 13.3. The van der Waals surface area contributed by atoms with Gasteiger partial charge in [-0.15, -0.1) is 0 Å². The van der Waals surface area contributed by atoms with E-state index >= 15 is 0 Å². The molecule has 1 aliphatic carbocycles. The highest BCUT2D eigenvalue weighted by Crippen LogP contribution is 2.22. The van der Waals surface area contributed by atoms with Gasteiger partial charge in [-0.3, -0.25) is 0 Å². The van der Waals surface area contributed by atoms with E-state index in [0.717, 1.165) is 0 Å². The van der Waals surface area contributed by atoms with Gasteiger partial charge in [-0.25, -0.2) is 8.42 Å². The largest absolute Gasteiger partial charge is 0.744 e. The van der Waals surface area contributed by atoms with Crippen molar-refractivity contribution in [1.29, 1.82) is 0 Å². The Balaban J connectivity index is 2.95. The summed E-state index contributed by atoms with van der Waals surface area (Å²) in [4.78, 5) is -0.221. The van der Waals surface area contributed by atoms with Crippen molar-refractivity contribution in [2.45, 2.75) is 12.5 Å². The molecule has 0 spiro atoms. The van der Waals surface area contributed by atoms with Crippen molar-refractivity contribution in [2.24, 2.45) is 0 Å². The first-order valence-electron chi connectivity index (χ1n) is 5.34. The van der Waals surface area contributed by atoms with Gasteiger partial charge in [0, 0.05) is 24.0 Å². The van der Waals surface area contributed by atoms with Gasteiger partial charge in [-0.1, -0.05) is 24.3 Å². The van der Waals surface area contributed by atoms with E-state index < -0.39 is 16.2 Å². The first kappa shape index (κ1) is 13.1. The van der Waals surface area contributed by atoms with Gasteiger partial charge in [0.1, 0.15) is 15.9 Å². The van der Waals surface area contributed by atoms with Gasteiger partial charge in [0.05, 0.1) is 18.1 Å². The molecule has 5 nitrogen and oxygen atoms in total. The standard InChI is InChI=1S/C12H14O5S/c1-16-10-7-11(17-2)12(18(13,14)15)9-6-4-3-5-8(9)10/h3-6,11H,7H2,1-2H3,(H,13,14,15)/p-1. The topological polar surface area (TPSA) is 75.7 Å². The molecule has 0 saturated carbocycles. The summed E-state index contributed by atoms with van der Waals surface area (Å²) in [5, 5.41) is 0.991. The summed E-state index contributed by atoms with van der Waals surface area (Å²) in [6, 6.07) is 6.75. The first-order valence-corrected chi connectivity index (χ1v) is 6.75. The summed E-state index contributed by atoms with van der Waals surface area (Å²) < 4.78 is 44.5. The van der Waals surface area contributed by atoms with Crippen molar-refractivity contribution in [3.63, 3.8) is 0 Å². The van der Waals surface area contributed by atoms with Crippen LogP contribution in [0.1, 0.15) is 6.42 Å². The van der Waals surface area contributed by atoms with Crippen molar-refractivity contribution < 1.29 is 22.4 Å². The zero-order valence-electron chi connectivity index (χ0n) is 10.0. The van der Waals surface area contributed by atoms with Crippen molar-refractivity contribution >= 4 is 20.8 Å². The Morgan fingerprint density at radius 1 is 1.22 bits per heavy atom. The molecule has 0 aliphatic heterocycles. The summed E-state index contributed by atoms with van der Waals surface area (Å²) >= 11 is 0. The SMILES string of the molecule is COC1=c2ccccc2=C(S(=O)(=O)[O-])C(OC)C1. The monoisotopic (exact) mass is 269 g/mol. The van der Waals surface area contributed by atoms with Crippen LogP contribution < -0.4 is 10.4 Å². The lowest BCUT2D eigenvalue weighted by atomic mass is 10.0. The fraction of sp³-hybridized carbons (Fsp3) is 0.333. The highest BCUT2D eigenvalue weighted by Gasteiger charge is 2.26. The third kappa shape index (κ3) is 2.14. The fourth-order valence-corrected chi connectivity index (χ4v) is 3.11. The average Bonchev–Trinajstić information content (AvgIpc) is 2.35. The second-order valence-electron chi connectivity index (χ2n) is 3.92. The number of methoxy groups -OCH3 is 2. The van der Waals surface area contributed by atoms with Crippen molar-refractivity contribution in [3.8, 4) is 0 Å². The molecule has 1 aromatic rings. The van der Waals surface area contributed by atoms with E-state index in [1.54, 1.807) is 24.3 Å². The van der Waals surface area contributed by atoms with E-state index in [2.05, 4.69) is 0 Å². The van der Waals surface area contributed by atoms with Crippen LogP contribution in [-0.4, -0.2) is 33.3 Å². The maximum absolute atomic E-state index is 11.4. The van der Waals surface area contributed by atoms with Crippen LogP contribution in [-0.2, 0) is 19.6 Å². The van der Waals surface area contributed by atoms with Gasteiger partial charge in [0.25, 0.3) is 0 Å². The van der Waals surface area contributed by atoms with Gasteiger partial charge < -0.3 is 14.0 Å². The molecule has 0 heterocycles. The minimum Gasteiger partial charge on any atom is -0.744 e. The Bertz CT molecular complexity index is 675. The molecule has 0 fully saturated rings. The predicted molar refractivity (Wildman–Crippen MR) is 64.6 cm³/mol. The third-order valence-corrected chi connectivity index (χ3v) is 3.98. The molecule has 6 heteroatoms. The molecule has 1 unspecified atom stereocenters. The van der Waals surface area contributed by atoms with Crippen LogP contribution >= 0.6 is 0 Å². The number of hydrogen-bond donors (Lipinski definition) is 0. The molecular weight excluding hydrogens is 256 g/mol. The molecule has 0 amide bonds.